The van der Waals surface area contributed by atoms with Gasteiger partial charge in [-0.3, -0.25) is 4.79 Å². The Bertz CT molecular complexity index is 840. The Morgan fingerprint density at radius 3 is 2.48 bits per heavy atom. The van der Waals surface area contributed by atoms with Crippen molar-refractivity contribution < 1.29 is 4.79 Å². The first-order valence-electron chi connectivity index (χ1n) is 6.92. The number of benzene rings is 2. The van der Waals surface area contributed by atoms with E-state index in [4.69, 9.17) is 0 Å². The molecule has 0 fully saturated rings. The third-order valence-electron chi connectivity index (χ3n) is 3.53. The van der Waals surface area contributed by atoms with Crippen molar-refractivity contribution in [3.05, 3.63) is 75.5 Å². The highest BCUT2D eigenvalue weighted by Gasteiger charge is 2.04. The van der Waals surface area contributed by atoms with E-state index >= 15 is 0 Å². The summed E-state index contributed by atoms with van der Waals surface area (Å²) < 4.78 is 0. The molecule has 0 unspecified atom stereocenters. The van der Waals surface area contributed by atoms with Gasteiger partial charge in [-0.2, -0.15) is 0 Å². The van der Waals surface area contributed by atoms with Gasteiger partial charge in [-0.15, -0.1) is 11.3 Å². The molecule has 0 bridgehead atoms. The molecular weight excluding hydrogens is 276 g/mol. The monoisotopic (exact) mass is 292 g/mol. The molecule has 21 heavy (non-hydrogen) atoms. The van der Waals surface area contributed by atoms with Crippen molar-refractivity contribution in [3.8, 4) is 0 Å². The number of allylic oxidation sites excluding steroid dienone is 1. The molecule has 0 radical (unpaired) electrons. The van der Waals surface area contributed by atoms with E-state index in [1.807, 2.05) is 42.5 Å². The van der Waals surface area contributed by atoms with E-state index in [1.54, 1.807) is 17.4 Å². The fraction of sp³-hybridized carbons (Fsp3) is 0.105. The van der Waals surface area contributed by atoms with Gasteiger partial charge in [0.05, 0.1) is 0 Å². The molecule has 0 N–H and O–H groups in total. The minimum Gasteiger partial charge on any atom is -0.289 e. The topological polar surface area (TPSA) is 17.1 Å². The van der Waals surface area contributed by atoms with Crippen molar-refractivity contribution in [3.63, 3.8) is 0 Å². The number of fused-ring (bicyclic) bond motifs is 1. The lowest BCUT2D eigenvalue weighted by Gasteiger charge is -2.00. The minimum atomic E-state index is 0.0454. The molecule has 1 aromatic heterocycles. The number of hydrogen-bond acceptors (Lipinski definition) is 2. The van der Waals surface area contributed by atoms with Gasteiger partial charge in [0.15, 0.2) is 5.78 Å². The number of carbonyl (C=O) groups excluding carboxylic acids is 1. The fourth-order valence-corrected chi connectivity index (χ4v) is 3.33. The molecule has 0 saturated carbocycles. The molecule has 0 spiro atoms. The Kier molecular flexibility index (Phi) is 3.72. The molecule has 1 nitrogen and oxygen atoms in total. The second-order valence-corrected chi connectivity index (χ2v) is 6.59. The van der Waals surface area contributed by atoms with Crippen LogP contribution in [0.2, 0.25) is 0 Å². The summed E-state index contributed by atoms with van der Waals surface area (Å²) in [6, 6.07) is 16.0. The average Bonchev–Trinajstić information content (AvgIpc) is 2.82. The van der Waals surface area contributed by atoms with Gasteiger partial charge in [0.25, 0.3) is 0 Å². The summed E-state index contributed by atoms with van der Waals surface area (Å²) in [5.41, 5.74) is 1.86. The van der Waals surface area contributed by atoms with Crippen LogP contribution >= 0.6 is 11.3 Å². The first kappa shape index (κ1) is 13.8. The highest BCUT2D eigenvalue weighted by Crippen LogP contribution is 2.22. The lowest BCUT2D eigenvalue weighted by Crippen LogP contribution is -1.93. The summed E-state index contributed by atoms with van der Waals surface area (Å²) in [6.07, 6.45) is 3.58. The molecular formula is C19H16OS. The van der Waals surface area contributed by atoms with E-state index < -0.39 is 0 Å². The molecule has 2 aromatic carbocycles. The number of hydrogen-bond donors (Lipinski definition) is 0. The van der Waals surface area contributed by atoms with Crippen LogP contribution in [0.1, 0.15) is 25.7 Å². The quantitative estimate of drug-likeness (QED) is 0.465. The van der Waals surface area contributed by atoms with Crippen molar-refractivity contribution in [2.75, 3.05) is 0 Å². The maximum atomic E-state index is 12.3. The van der Waals surface area contributed by atoms with Crippen LogP contribution in [0.3, 0.4) is 0 Å². The van der Waals surface area contributed by atoms with E-state index in [0.717, 1.165) is 21.9 Å². The maximum absolute atomic E-state index is 12.3. The molecule has 2 heteroatoms. The lowest BCUT2D eigenvalue weighted by molar-refractivity contribution is 0.104. The second kappa shape index (κ2) is 5.66. The fourth-order valence-electron chi connectivity index (χ4n) is 2.42. The van der Waals surface area contributed by atoms with Crippen molar-refractivity contribution in [1.29, 1.82) is 0 Å². The minimum absolute atomic E-state index is 0.0454. The van der Waals surface area contributed by atoms with Crippen molar-refractivity contribution in [2.45, 2.75) is 13.8 Å². The molecule has 0 aliphatic rings. The smallest absolute Gasteiger partial charge is 0.185 e. The molecule has 3 rings (SSSR count). The van der Waals surface area contributed by atoms with Crippen LogP contribution in [0, 0.1) is 13.8 Å². The molecule has 0 saturated heterocycles. The Balaban J connectivity index is 1.88. The number of rotatable bonds is 3. The third kappa shape index (κ3) is 2.96. The zero-order valence-electron chi connectivity index (χ0n) is 12.1. The van der Waals surface area contributed by atoms with E-state index in [9.17, 15) is 4.79 Å². The van der Waals surface area contributed by atoms with E-state index in [-0.39, 0.29) is 5.78 Å². The first-order valence-corrected chi connectivity index (χ1v) is 7.73. The lowest BCUT2D eigenvalue weighted by atomic mass is 10.0. The Labute approximate surface area is 128 Å². The zero-order chi connectivity index (χ0) is 14.8. The van der Waals surface area contributed by atoms with E-state index in [0.29, 0.717) is 0 Å². The number of ketones is 1. The van der Waals surface area contributed by atoms with Gasteiger partial charge < -0.3 is 0 Å². The average molecular weight is 292 g/mol. The van der Waals surface area contributed by atoms with Crippen molar-refractivity contribution in [2.24, 2.45) is 0 Å². The first-order chi connectivity index (χ1) is 10.1. The standard InChI is InChI=1S/C19H16OS/c1-13-11-16(14(2)21-13)9-10-19(20)18-8-7-15-5-3-4-6-17(15)12-18/h3-12H,1-2H3/b10-9+. The summed E-state index contributed by atoms with van der Waals surface area (Å²) in [7, 11) is 0. The Morgan fingerprint density at radius 2 is 1.76 bits per heavy atom. The van der Waals surface area contributed by atoms with E-state index in [1.165, 1.54) is 9.75 Å². The van der Waals surface area contributed by atoms with Gasteiger partial charge >= 0.3 is 0 Å². The van der Waals surface area contributed by atoms with Gasteiger partial charge in [0.1, 0.15) is 0 Å². The normalized spacial score (nSPS) is 11.3. The van der Waals surface area contributed by atoms with Crippen LogP contribution in [0.4, 0.5) is 0 Å². The molecule has 0 aliphatic carbocycles. The molecule has 0 amide bonds. The number of aryl methyl sites for hydroxylation is 2. The molecule has 0 aliphatic heterocycles. The molecule has 3 aromatic rings. The van der Waals surface area contributed by atoms with Crippen LogP contribution in [0.25, 0.3) is 16.8 Å². The second-order valence-electron chi connectivity index (χ2n) is 5.13. The highest BCUT2D eigenvalue weighted by molar-refractivity contribution is 7.12. The summed E-state index contributed by atoms with van der Waals surface area (Å²) >= 11 is 1.76. The van der Waals surface area contributed by atoms with Gasteiger partial charge in [-0.25, -0.2) is 0 Å². The van der Waals surface area contributed by atoms with Gasteiger partial charge in [0.2, 0.25) is 0 Å². The highest BCUT2D eigenvalue weighted by atomic mass is 32.1. The Hall–Kier alpha value is -2.19. The maximum Gasteiger partial charge on any atom is 0.185 e. The van der Waals surface area contributed by atoms with Crippen LogP contribution in [-0.2, 0) is 0 Å². The predicted octanol–water partition coefficient (Wildman–Crippen LogP) is 5.41. The number of thiophene rings is 1. The third-order valence-corrected chi connectivity index (χ3v) is 4.51. The van der Waals surface area contributed by atoms with Crippen LogP contribution < -0.4 is 0 Å². The summed E-state index contributed by atoms with van der Waals surface area (Å²) in [4.78, 5) is 14.8. The largest absolute Gasteiger partial charge is 0.289 e. The molecule has 0 atom stereocenters. The van der Waals surface area contributed by atoms with Crippen LogP contribution in [0.5, 0.6) is 0 Å². The van der Waals surface area contributed by atoms with E-state index in [2.05, 4.69) is 26.0 Å². The van der Waals surface area contributed by atoms with Crippen molar-refractivity contribution in [1.82, 2.24) is 0 Å². The van der Waals surface area contributed by atoms with Gasteiger partial charge in [-0.1, -0.05) is 36.4 Å². The predicted molar refractivity (Wildman–Crippen MR) is 91.1 cm³/mol. The number of carbonyl (C=O) groups is 1. The van der Waals surface area contributed by atoms with Gasteiger partial charge in [-0.05, 0) is 54.5 Å². The van der Waals surface area contributed by atoms with Gasteiger partial charge in [0, 0.05) is 15.3 Å². The van der Waals surface area contributed by atoms with Crippen molar-refractivity contribution >= 4 is 34.0 Å². The molecule has 1 heterocycles. The summed E-state index contributed by atoms with van der Waals surface area (Å²) in [5, 5.41) is 2.25. The zero-order valence-corrected chi connectivity index (χ0v) is 12.9. The van der Waals surface area contributed by atoms with Crippen LogP contribution in [-0.4, -0.2) is 5.78 Å². The summed E-state index contributed by atoms with van der Waals surface area (Å²) in [6.45, 7) is 4.16. The van der Waals surface area contributed by atoms with Crippen LogP contribution in [0.15, 0.2) is 54.6 Å². The Morgan fingerprint density at radius 1 is 1.00 bits per heavy atom. The SMILES string of the molecule is Cc1cc(/C=C/C(=O)c2ccc3ccccc3c2)c(C)s1. The summed E-state index contributed by atoms with van der Waals surface area (Å²) in [5.74, 6) is 0.0454. The molecule has 104 valence electrons.